The zero-order valence-corrected chi connectivity index (χ0v) is 15.4. The number of hydrogen-bond acceptors (Lipinski definition) is 2. The average molecular weight is 357 g/mol. The van der Waals surface area contributed by atoms with Gasteiger partial charge in [0.05, 0.1) is 5.41 Å². The SMILES string of the molecule is Cc1ccc2c(c1)C(C)(C)C(=O)N2CC(=O)NCc1ccc(Cl)cc1. The first-order chi connectivity index (χ1) is 11.8. The second kappa shape index (κ2) is 6.52. The van der Waals surface area contributed by atoms with Gasteiger partial charge in [-0.25, -0.2) is 0 Å². The molecule has 1 heterocycles. The Morgan fingerprint density at radius 1 is 1.16 bits per heavy atom. The van der Waals surface area contributed by atoms with Crippen LogP contribution in [0.3, 0.4) is 0 Å². The Bertz CT molecular complexity index is 828. The summed E-state index contributed by atoms with van der Waals surface area (Å²) in [6.45, 7) is 6.23. The summed E-state index contributed by atoms with van der Waals surface area (Å²) >= 11 is 5.86. The van der Waals surface area contributed by atoms with Gasteiger partial charge in [0.25, 0.3) is 0 Å². The normalized spacial score (nSPS) is 15.2. The molecule has 0 aliphatic carbocycles. The Hall–Kier alpha value is -2.33. The smallest absolute Gasteiger partial charge is 0.240 e. The van der Waals surface area contributed by atoms with E-state index in [1.807, 2.05) is 51.1 Å². The number of anilines is 1. The molecule has 3 rings (SSSR count). The van der Waals surface area contributed by atoms with E-state index in [1.165, 1.54) is 0 Å². The van der Waals surface area contributed by atoms with Crippen LogP contribution in [0.5, 0.6) is 0 Å². The number of nitrogens with one attached hydrogen (secondary N) is 1. The van der Waals surface area contributed by atoms with Crippen LogP contribution in [0.1, 0.15) is 30.5 Å². The number of aryl methyl sites for hydroxylation is 1. The molecule has 0 atom stereocenters. The molecule has 4 nitrogen and oxygen atoms in total. The van der Waals surface area contributed by atoms with E-state index in [-0.39, 0.29) is 18.4 Å². The molecule has 5 heteroatoms. The van der Waals surface area contributed by atoms with Gasteiger partial charge in [0.1, 0.15) is 6.54 Å². The van der Waals surface area contributed by atoms with Gasteiger partial charge < -0.3 is 10.2 Å². The molecule has 0 fully saturated rings. The van der Waals surface area contributed by atoms with Crippen LogP contribution in [-0.2, 0) is 21.5 Å². The van der Waals surface area contributed by atoms with Crippen molar-refractivity contribution < 1.29 is 9.59 Å². The van der Waals surface area contributed by atoms with Gasteiger partial charge in [0.2, 0.25) is 11.8 Å². The van der Waals surface area contributed by atoms with Gasteiger partial charge >= 0.3 is 0 Å². The molecule has 1 aliphatic rings. The molecule has 0 saturated heterocycles. The van der Waals surface area contributed by atoms with Crippen molar-refractivity contribution in [1.29, 1.82) is 0 Å². The first-order valence-corrected chi connectivity index (χ1v) is 8.61. The molecule has 1 N–H and O–H groups in total. The van der Waals surface area contributed by atoms with Crippen LogP contribution in [0.2, 0.25) is 5.02 Å². The number of rotatable bonds is 4. The number of carbonyl (C=O) groups excluding carboxylic acids is 2. The van der Waals surface area contributed by atoms with Crippen LogP contribution in [0.15, 0.2) is 42.5 Å². The van der Waals surface area contributed by atoms with E-state index in [9.17, 15) is 9.59 Å². The molecule has 2 amide bonds. The predicted octanol–water partition coefficient (Wildman–Crippen LogP) is 3.59. The standard InChI is InChI=1S/C20H21ClN2O2/c1-13-4-9-17-16(10-13)20(2,3)19(25)23(17)12-18(24)22-11-14-5-7-15(21)8-6-14/h4-10H,11-12H2,1-3H3,(H,22,24). The lowest BCUT2D eigenvalue weighted by molar-refractivity contribution is -0.125. The van der Waals surface area contributed by atoms with Crippen molar-refractivity contribution >= 4 is 29.1 Å². The molecular weight excluding hydrogens is 336 g/mol. The maximum absolute atomic E-state index is 12.8. The van der Waals surface area contributed by atoms with Crippen molar-refractivity contribution in [3.8, 4) is 0 Å². The predicted molar refractivity (Wildman–Crippen MR) is 99.9 cm³/mol. The summed E-state index contributed by atoms with van der Waals surface area (Å²) in [5.41, 5.74) is 3.25. The number of hydrogen-bond donors (Lipinski definition) is 1. The van der Waals surface area contributed by atoms with Crippen molar-refractivity contribution in [2.75, 3.05) is 11.4 Å². The van der Waals surface area contributed by atoms with Crippen molar-refractivity contribution in [2.24, 2.45) is 0 Å². The fourth-order valence-electron chi connectivity index (χ4n) is 3.11. The van der Waals surface area contributed by atoms with E-state index in [1.54, 1.807) is 17.0 Å². The number of carbonyl (C=O) groups is 2. The fourth-order valence-corrected chi connectivity index (χ4v) is 3.23. The van der Waals surface area contributed by atoms with Gasteiger partial charge in [-0.15, -0.1) is 0 Å². The number of benzene rings is 2. The van der Waals surface area contributed by atoms with Crippen LogP contribution in [0.4, 0.5) is 5.69 Å². The summed E-state index contributed by atoms with van der Waals surface area (Å²) in [5.74, 6) is -0.234. The average Bonchev–Trinajstić information content (AvgIpc) is 2.75. The van der Waals surface area contributed by atoms with E-state index in [0.717, 1.165) is 22.4 Å². The largest absolute Gasteiger partial charge is 0.350 e. The Morgan fingerprint density at radius 2 is 1.84 bits per heavy atom. The minimum Gasteiger partial charge on any atom is -0.350 e. The molecule has 0 saturated carbocycles. The number of amides is 2. The van der Waals surface area contributed by atoms with Gasteiger partial charge in [0.15, 0.2) is 0 Å². The Morgan fingerprint density at radius 3 is 2.52 bits per heavy atom. The molecule has 0 spiro atoms. The highest BCUT2D eigenvalue weighted by Crippen LogP contribution is 2.41. The first kappa shape index (κ1) is 17.5. The second-order valence-corrected chi connectivity index (χ2v) is 7.38. The molecule has 0 bridgehead atoms. The van der Waals surface area contributed by atoms with Crippen molar-refractivity contribution in [1.82, 2.24) is 5.32 Å². The Labute approximate surface area is 152 Å². The van der Waals surface area contributed by atoms with Gasteiger partial charge in [0, 0.05) is 17.3 Å². The monoisotopic (exact) mass is 356 g/mol. The van der Waals surface area contributed by atoms with Crippen LogP contribution in [-0.4, -0.2) is 18.4 Å². The number of fused-ring (bicyclic) bond motifs is 1. The zero-order chi connectivity index (χ0) is 18.2. The summed E-state index contributed by atoms with van der Waals surface area (Å²) in [4.78, 5) is 26.7. The van der Waals surface area contributed by atoms with E-state index in [2.05, 4.69) is 5.32 Å². The third kappa shape index (κ3) is 3.40. The van der Waals surface area contributed by atoms with Crippen LogP contribution in [0, 0.1) is 6.92 Å². The lowest BCUT2D eigenvalue weighted by atomic mass is 9.85. The highest BCUT2D eigenvalue weighted by molar-refractivity contribution is 6.30. The van der Waals surface area contributed by atoms with Crippen molar-refractivity contribution in [2.45, 2.75) is 32.7 Å². The molecular formula is C20H21ClN2O2. The summed E-state index contributed by atoms with van der Waals surface area (Å²) < 4.78 is 0. The maximum Gasteiger partial charge on any atom is 0.240 e. The molecule has 130 valence electrons. The molecule has 0 radical (unpaired) electrons. The third-order valence-corrected chi connectivity index (χ3v) is 4.85. The second-order valence-electron chi connectivity index (χ2n) is 6.94. The van der Waals surface area contributed by atoms with Crippen LogP contribution < -0.4 is 10.2 Å². The Kier molecular flexibility index (Phi) is 4.56. The van der Waals surface area contributed by atoms with Gasteiger partial charge in [-0.05, 0) is 50.1 Å². The lowest BCUT2D eigenvalue weighted by Crippen LogP contribution is -2.42. The van der Waals surface area contributed by atoms with E-state index in [0.29, 0.717) is 11.6 Å². The van der Waals surface area contributed by atoms with Crippen LogP contribution >= 0.6 is 11.6 Å². The highest BCUT2D eigenvalue weighted by atomic mass is 35.5. The maximum atomic E-state index is 12.8. The highest BCUT2D eigenvalue weighted by Gasteiger charge is 2.44. The molecule has 1 aliphatic heterocycles. The molecule has 0 unspecified atom stereocenters. The summed E-state index contributed by atoms with van der Waals surface area (Å²) in [7, 11) is 0. The molecule has 25 heavy (non-hydrogen) atoms. The van der Waals surface area contributed by atoms with Crippen molar-refractivity contribution in [3.05, 3.63) is 64.2 Å². The summed E-state index contributed by atoms with van der Waals surface area (Å²) in [5, 5.41) is 3.52. The minimum atomic E-state index is -0.613. The van der Waals surface area contributed by atoms with Gasteiger partial charge in [-0.2, -0.15) is 0 Å². The molecule has 0 aromatic heterocycles. The van der Waals surface area contributed by atoms with Crippen molar-refractivity contribution in [3.63, 3.8) is 0 Å². The number of halogens is 1. The molecule has 2 aromatic carbocycles. The minimum absolute atomic E-state index is 0.0198. The van der Waals surface area contributed by atoms with Gasteiger partial charge in [-0.3, -0.25) is 9.59 Å². The Balaban J connectivity index is 1.71. The zero-order valence-electron chi connectivity index (χ0n) is 14.6. The van der Waals surface area contributed by atoms with E-state index in [4.69, 9.17) is 11.6 Å². The summed E-state index contributed by atoms with van der Waals surface area (Å²) in [6.07, 6.45) is 0. The number of nitrogens with zero attached hydrogens (tertiary/aromatic N) is 1. The first-order valence-electron chi connectivity index (χ1n) is 8.23. The third-order valence-electron chi connectivity index (χ3n) is 4.60. The van der Waals surface area contributed by atoms with E-state index >= 15 is 0 Å². The summed E-state index contributed by atoms with van der Waals surface area (Å²) in [6, 6.07) is 13.2. The molecule has 2 aromatic rings. The quantitative estimate of drug-likeness (QED) is 0.910. The lowest BCUT2D eigenvalue weighted by Gasteiger charge is -2.20. The van der Waals surface area contributed by atoms with E-state index < -0.39 is 5.41 Å². The van der Waals surface area contributed by atoms with Gasteiger partial charge in [-0.1, -0.05) is 41.4 Å². The fraction of sp³-hybridized carbons (Fsp3) is 0.300. The topological polar surface area (TPSA) is 49.4 Å². The van der Waals surface area contributed by atoms with Crippen LogP contribution in [0.25, 0.3) is 0 Å².